The number of aryl methyl sites for hydroxylation is 1. The molecule has 0 aliphatic heterocycles. The SMILES string of the molecule is CCc1c(C)on(Cc2ccccc2C(=O)OC)c1=O. The maximum Gasteiger partial charge on any atom is 0.338 e. The van der Waals surface area contributed by atoms with Gasteiger partial charge in [-0.1, -0.05) is 25.1 Å². The van der Waals surface area contributed by atoms with E-state index in [-0.39, 0.29) is 12.1 Å². The molecular weight excluding hydrogens is 258 g/mol. The van der Waals surface area contributed by atoms with Crippen LogP contribution < -0.4 is 5.56 Å². The fourth-order valence-electron chi connectivity index (χ4n) is 2.19. The third kappa shape index (κ3) is 2.52. The number of hydrogen-bond donors (Lipinski definition) is 0. The van der Waals surface area contributed by atoms with Crippen molar-refractivity contribution in [3.63, 3.8) is 0 Å². The number of hydrogen-bond acceptors (Lipinski definition) is 4. The Morgan fingerprint density at radius 3 is 2.65 bits per heavy atom. The fraction of sp³-hybridized carbons (Fsp3) is 0.333. The molecule has 106 valence electrons. The molecule has 20 heavy (non-hydrogen) atoms. The summed E-state index contributed by atoms with van der Waals surface area (Å²) < 4.78 is 11.5. The van der Waals surface area contributed by atoms with Crippen LogP contribution in [0.3, 0.4) is 0 Å². The maximum atomic E-state index is 12.1. The van der Waals surface area contributed by atoms with E-state index in [1.807, 2.05) is 13.0 Å². The van der Waals surface area contributed by atoms with Crippen molar-refractivity contribution in [3.05, 3.63) is 57.1 Å². The van der Waals surface area contributed by atoms with Crippen LogP contribution in [0.15, 0.2) is 33.6 Å². The Hall–Kier alpha value is -2.30. The third-order valence-electron chi connectivity index (χ3n) is 3.25. The third-order valence-corrected chi connectivity index (χ3v) is 3.25. The molecule has 0 unspecified atom stereocenters. The largest absolute Gasteiger partial charge is 0.465 e. The highest BCUT2D eigenvalue weighted by atomic mass is 16.5. The van der Waals surface area contributed by atoms with Gasteiger partial charge in [0.05, 0.1) is 24.8 Å². The van der Waals surface area contributed by atoms with E-state index in [9.17, 15) is 9.59 Å². The molecular formula is C15H17NO4. The number of esters is 1. The predicted molar refractivity (Wildman–Crippen MR) is 74.0 cm³/mol. The highest BCUT2D eigenvalue weighted by molar-refractivity contribution is 5.90. The summed E-state index contributed by atoms with van der Waals surface area (Å²) in [6.07, 6.45) is 0.625. The van der Waals surface area contributed by atoms with Crippen molar-refractivity contribution in [2.24, 2.45) is 0 Å². The molecule has 0 saturated carbocycles. The van der Waals surface area contributed by atoms with Crippen LogP contribution in [0.5, 0.6) is 0 Å². The molecule has 0 fully saturated rings. The van der Waals surface area contributed by atoms with Crippen LogP contribution in [0, 0.1) is 6.92 Å². The summed E-state index contributed by atoms with van der Waals surface area (Å²) in [6, 6.07) is 7.01. The summed E-state index contributed by atoms with van der Waals surface area (Å²) in [5.41, 5.74) is 1.65. The first-order chi connectivity index (χ1) is 9.58. The van der Waals surface area contributed by atoms with E-state index in [0.717, 1.165) is 0 Å². The molecule has 0 amide bonds. The zero-order chi connectivity index (χ0) is 14.7. The van der Waals surface area contributed by atoms with Gasteiger partial charge in [-0.05, 0) is 25.0 Å². The van der Waals surface area contributed by atoms with E-state index in [2.05, 4.69) is 0 Å². The second-order valence-electron chi connectivity index (χ2n) is 4.47. The number of carbonyl (C=O) groups is 1. The summed E-state index contributed by atoms with van der Waals surface area (Å²) in [4.78, 5) is 23.8. The molecule has 2 aromatic rings. The molecule has 0 bridgehead atoms. The second-order valence-corrected chi connectivity index (χ2v) is 4.47. The zero-order valence-corrected chi connectivity index (χ0v) is 11.8. The summed E-state index contributed by atoms with van der Waals surface area (Å²) in [5.74, 6) is 0.195. The minimum absolute atomic E-state index is 0.148. The monoisotopic (exact) mass is 275 g/mol. The van der Waals surface area contributed by atoms with Crippen molar-refractivity contribution in [2.75, 3.05) is 7.11 Å². The Kier molecular flexibility index (Phi) is 4.08. The second kappa shape index (κ2) is 5.77. The molecule has 0 atom stereocenters. The number of aromatic nitrogens is 1. The van der Waals surface area contributed by atoms with Crippen molar-refractivity contribution in [1.29, 1.82) is 0 Å². The number of ether oxygens (including phenoxy) is 1. The van der Waals surface area contributed by atoms with Crippen LogP contribution >= 0.6 is 0 Å². The van der Waals surface area contributed by atoms with Crippen LogP contribution in [-0.2, 0) is 17.7 Å². The first-order valence-electron chi connectivity index (χ1n) is 6.44. The van der Waals surface area contributed by atoms with Gasteiger partial charge in [0.15, 0.2) is 0 Å². The van der Waals surface area contributed by atoms with Gasteiger partial charge in [-0.2, -0.15) is 4.74 Å². The molecule has 1 aromatic heterocycles. The van der Waals surface area contributed by atoms with Gasteiger partial charge in [0.1, 0.15) is 5.76 Å². The summed E-state index contributed by atoms with van der Waals surface area (Å²) in [6.45, 7) is 3.89. The van der Waals surface area contributed by atoms with E-state index < -0.39 is 5.97 Å². The van der Waals surface area contributed by atoms with Crippen molar-refractivity contribution in [3.8, 4) is 0 Å². The molecule has 5 heteroatoms. The van der Waals surface area contributed by atoms with Crippen LogP contribution in [0.2, 0.25) is 0 Å². The molecule has 5 nitrogen and oxygen atoms in total. The topological polar surface area (TPSA) is 61.4 Å². The summed E-state index contributed by atoms with van der Waals surface area (Å²) in [5, 5.41) is 0. The lowest BCUT2D eigenvalue weighted by molar-refractivity contribution is 0.0599. The zero-order valence-electron chi connectivity index (χ0n) is 11.8. The molecule has 0 aliphatic carbocycles. The van der Waals surface area contributed by atoms with Crippen LogP contribution in [0.1, 0.15) is 34.2 Å². The van der Waals surface area contributed by atoms with Gasteiger partial charge >= 0.3 is 5.97 Å². The predicted octanol–water partition coefficient (Wildman–Crippen LogP) is 2.15. The van der Waals surface area contributed by atoms with Gasteiger partial charge in [-0.15, -0.1) is 0 Å². The first-order valence-corrected chi connectivity index (χ1v) is 6.44. The van der Waals surface area contributed by atoms with Gasteiger partial charge < -0.3 is 9.26 Å². The van der Waals surface area contributed by atoms with Gasteiger partial charge in [0.25, 0.3) is 5.56 Å². The van der Waals surface area contributed by atoms with E-state index in [1.165, 1.54) is 11.8 Å². The standard InChI is InChI=1S/C15H17NO4/c1-4-12-10(2)20-16(14(12)17)9-11-7-5-6-8-13(11)15(18)19-3/h5-8H,4,9H2,1-3H3. The molecule has 1 aromatic carbocycles. The molecule has 0 radical (unpaired) electrons. The normalized spacial score (nSPS) is 10.6. The summed E-state index contributed by atoms with van der Waals surface area (Å²) >= 11 is 0. The van der Waals surface area contributed by atoms with Crippen molar-refractivity contribution < 1.29 is 14.1 Å². The molecule has 0 spiro atoms. The minimum atomic E-state index is -0.423. The number of rotatable bonds is 4. The molecule has 0 saturated heterocycles. The van der Waals surface area contributed by atoms with E-state index in [4.69, 9.17) is 9.26 Å². The molecule has 2 rings (SSSR count). The van der Waals surface area contributed by atoms with Crippen LogP contribution in [0.25, 0.3) is 0 Å². The lowest BCUT2D eigenvalue weighted by Gasteiger charge is -2.06. The highest BCUT2D eigenvalue weighted by Crippen LogP contribution is 2.13. The smallest absolute Gasteiger partial charge is 0.338 e. The molecule has 0 N–H and O–H groups in total. The lowest BCUT2D eigenvalue weighted by atomic mass is 10.1. The maximum absolute atomic E-state index is 12.1. The quantitative estimate of drug-likeness (QED) is 0.802. The van der Waals surface area contributed by atoms with Gasteiger partial charge in [0.2, 0.25) is 0 Å². The Bertz CT molecular complexity index is 681. The number of carbonyl (C=O) groups excluding carboxylic acids is 1. The number of nitrogens with zero attached hydrogens (tertiary/aromatic N) is 1. The van der Waals surface area contributed by atoms with Crippen molar-refractivity contribution in [1.82, 2.24) is 4.74 Å². The average Bonchev–Trinajstić information content (AvgIpc) is 2.72. The first kappa shape index (κ1) is 14.1. The molecule has 0 aliphatic rings. The van der Waals surface area contributed by atoms with E-state index in [1.54, 1.807) is 25.1 Å². The Labute approximate surface area is 116 Å². The van der Waals surface area contributed by atoms with Crippen molar-refractivity contribution >= 4 is 5.97 Å². The van der Waals surface area contributed by atoms with E-state index in [0.29, 0.717) is 28.9 Å². The summed E-state index contributed by atoms with van der Waals surface area (Å²) in [7, 11) is 1.33. The molecule has 1 heterocycles. The van der Waals surface area contributed by atoms with E-state index >= 15 is 0 Å². The van der Waals surface area contributed by atoms with Gasteiger partial charge in [-0.3, -0.25) is 4.79 Å². The Morgan fingerprint density at radius 2 is 2.05 bits per heavy atom. The van der Waals surface area contributed by atoms with Crippen LogP contribution in [-0.4, -0.2) is 17.8 Å². The van der Waals surface area contributed by atoms with Crippen LogP contribution in [0.4, 0.5) is 0 Å². The fourth-order valence-corrected chi connectivity index (χ4v) is 2.19. The Balaban J connectivity index is 2.41. The average molecular weight is 275 g/mol. The number of methoxy groups -OCH3 is 1. The Morgan fingerprint density at radius 1 is 1.35 bits per heavy atom. The number of benzene rings is 1. The van der Waals surface area contributed by atoms with Crippen molar-refractivity contribution in [2.45, 2.75) is 26.8 Å². The lowest BCUT2D eigenvalue weighted by Crippen LogP contribution is -2.19. The van der Waals surface area contributed by atoms with Gasteiger partial charge in [-0.25, -0.2) is 4.79 Å². The highest BCUT2D eigenvalue weighted by Gasteiger charge is 2.16. The van der Waals surface area contributed by atoms with Gasteiger partial charge in [0, 0.05) is 0 Å². The minimum Gasteiger partial charge on any atom is -0.465 e.